The van der Waals surface area contributed by atoms with Gasteiger partial charge in [0.2, 0.25) is 5.91 Å². The van der Waals surface area contributed by atoms with Gasteiger partial charge in [0.25, 0.3) is 0 Å². The lowest BCUT2D eigenvalue weighted by Crippen LogP contribution is -2.35. The Morgan fingerprint density at radius 1 is 1.29 bits per heavy atom. The molecule has 2 aromatic rings. The fourth-order valence-corrected chi connectivity index (χ4v) is 3.61. The number of nitrogens with one attached hydrogen (secondary N) is 1. The molecule has 7 nitrogen and oxygen atoms in total. The van der Waals surface area contributed by atoms with E-state index >= 15 is 0 Å². The van der Waals surface area contributed by atoms with E-state index in [9.17, 15) is 9.59 Å². The lowest BCUT2D eigenvalue weighted by Gasteiger charge is -2.17. The molecule has 4 rings (SSSR count). The number of carbonyl (C=O) groups is 2. The van der Waals surface area contributed by atoms with Crippen molar-refractivity contribution in [1.29, 1.82) is 0 Å². The normalized spacial score (nSPS) is 18.5. The molecule has 148 valence electrons. The van der Waals surface area contributed by atoms with Crippen LogP contribution in [0.15, 0.2) is 36.5 Å². The maximum Gasteiger partial charge on any atom is 0.414 e. The third kappa shape index (κ3) is 3.75. The lowest BCUT2D eigenvalue weighted by molar-refractivity contribution is -0.122. The predicted octanol–water partition coefficient (Wildman–Crippen LogP) is 3.00. The first-order valence-corrected chi connectivity index (χ1v) is 9.63. The zero-order valence-corrected chi connectivity index (χ0v) is 16.2. The third-order valence-corrected chi connectivity index (χ3v) is 4.98. The highest BCUT2D eigenvalue weighted by Gasteiger charge is 2.33. The molecule has 7 heteroatoms. The number of ether oxygens (including phenoxy) is 2. The number of hydrogen-bond acceptors (Lipinski definition) is 4. The second kappa shape index (κ2) is 7.67. The summed E-state index contributed by atoms with van der Waals surface area (Å²) in [6.45, 7) is 5.82. The van der Waals surface area contributed by atoms with Gasteiger partial charge in [-0.25, -0.2) is 4.79 Å². The Morgan fingerprint density at radius 2 is 2.14 bits per heavy atom. The quantitative estimate of drug-likeness (QED) is 0.862. The molecular formula is C21H25N3O4. The first-order valence-electron chi connectivity index (χ1n) is 9.63. The van der Waals surface area contributed by atoms with Gasteiger partial charge in [-0.2, -0.15) is 0 Å². The summed E-state index contributed by atoms with van der Waals surface area (Å²) in [5, 5.41) is 2.85. The van der Waals surface area contributed by atoms with Crippen LogP contribution in [0.25, 0.3) is 5.69 Å². The first kappa shape index (κ1) is 18.6. The fourth-order valence-electron chi connectivity index (χ4n) is 3.61. The third-order valence-electron chi connectivity index (χ3n) is 4.98. The highest BCUT2D eigenvalue weighted by Crippen LogP contribution is 2.29. The van der Waals surface area contributed by atoms with Crippen LogP contribution in [0.3, 0.4) is 0 Å². The first-order chi connectivity index (χ1) is 13.5. The van der Waals surface area contributed by atoms with Crippen molar-refractivity contribution in [2.45, 2.75) is 39.6 Å². The summed E-state index contributed by atoms with van der Waals surface area (Å²) in [7, 11) is 0. The van der Waals surface area contributed by atoms with Crippen LogP contribution in [0, 0.1) is 5.92 Å². The zero-order valence-electron chi connectivity index (χ0n) is 16.2. The molecule has 0 unspecified atom stereocenters. The van der Waals surface area contributed by atoms with Gasteiger partial charge in [-0.3, -0.25) is 9.69 Å². The Kier molecular flexibility index (Phi) is 5.09. The summed E-state index contributed by atoms with van der Waals surface area (Å²) < 4.78 is 13.3. The summed E-state index contributed by atoms with van der Waals surface area (Å²) in [6.07, 6.45) is 1.73. The van der Waals surface area contributed by atoms with E-state index in [0.29, 0.717) is 38.6 Å². The van der Waals surface area contributed by atoms with E-state index in [4.69, 9.17) is 9.47 Å². The summed E-state index contributed by atoms with van der Waals surface area (Å²) in [5.41, 5.74) is 3.94. The van der Waals surface area contributed by atoms with Gasteiger partial charge in [0.1, 0.15) is 6.10 Å². The molecular weight excluding hydrogens is 358 g/mol. The summed E-state index contributed by atoms with van der Waals surface area (Å²) >= 11 is 0. The smallest absolute Gasteiger partial charge is 0.414 e. The average Bonchev–Trinajstić information content (AvgIpc) is 3.22. The van der Waals surface area contributed by atoms with Gasteiger partial charge >= 0.3 is 6.09 Å². The fraction of sp³-hybridized carbons (Fsp3) is 0.429. The van der Waals surface area contributed by atoms with Gasteiger partial charge < -0.3 is 19.4 Å². The van der Waals surface area contributed by atoms with Gasteiger partial charge in [0.15, 0.2) is 0 Å². The molecule has 28 heavy (non-hydrogen) atoms. The molecule has 0 saturated carbocycles. The highest BCUT2D eigenvalue weighted by atomic mass is 16.6. The van der Waals surface area contributed by atoms with E-state index in [0.717, 1.165) is 22.6 Å². The number of cyclic esters (lactones) is 1. The van der Waals surface area contributed by atoms with Gasteiger partial charge in [-0.1, -0.05) is 19.9 Å². The molecule has 1 saturated heterocycles. The number of fused-ring (bicyclic) bond motifs is 3. The van der Waals surface area contributed by atoms with Gasteiger partial charge in [-0.15, -0.1) is 0 Å². The minimum atomic E-state index is -0.388. The Labute approximate surface area is 164 Å². The molecule has 2 aliphatic rings. The standard InChI is InChI=1S/C21H25N3O4/c1-14(2)8-20(25)22-10-18-11-24(21(26)28-18)16-6-5-15-12-27-13-17-4-3-7-23(17)19(15)9-16/h3-7,9,14,18H,8,10-13H2,1-2H3,(H,22,25)/t18-/m0/s1. The van der Waals surface area contributed by atoms with Gasteiger partial charge in [0.05, 0.1) is 32.0 Å². The molecule has 1 aromatic heterocycles. The molecule has 1 aromatic carbocycles. The van der Waals surface area contributed by atoms with Crippen molar-refractivity contribution >= 4 is 17.7 Å². The SMILES string of the molecule is CC(C)CC(=O)NC[C@H]1CN(c2ccc3c(c2)-n2cccc2COC3)C(=O)O1. The zero-order chi connectivity index (χ0) is 19.7. The molecule has 0 bridgehead atoms. The van der Waals surface area contributed by atoms with E-state index in [1.165, 1.54) is 0 Å². The molecule has 2 amide bonds. The van der Waals surface area contributed by atoms with Crippen molar-refractivity contribution in [2.24, 2.45) is 5.92 Å². The van der Waals surface area contributed by atoms with Crippen LogP contribution in [-0.2, 0) is 27.5 Å². The van der Waals surface area contributed by atoms with E-state index in [1.807, 2.05) is 50.4 Å². The minimum absolute atomic E-state index is 0.0188. The number of hydrogen-bond donors (Lipinski definition) is 1. The van der Waals surface area contributed by atoms with Crippen molar-refractivity contribution < 1.29 is 19.1 Å². The van der Waals surface area contributed by atoms with E-state index in [1.54, 1.807) is 4.90 Å². The number of amides is 2. The topological polar surface area (TPSA) is 72.8 Å². The van der Waals surface area contributed by atoms with Gasteiger partial charge in [0, 0.05) is 29.6 Å². The van der Waals surface area contributed by atoms with Crippen LogP contribution < -0.4 is 10.2 Å². The number of nitrogens with zero attached hydrogens (tertiary/aromatic N) is 2. The van der Waals surface area contributed by atoms with E-state index < -0.39 is 0 Å². The maximum atomic E-state index is 12.4. The van der Waals surface area contributed by atoms with Crippen molar-refractivity contribution in [3.8, 4) is 5.69 Å². The number of carbonyl (C=O) groups excluding carboxylic acids is 2. The molecule has 0 aliphatic carbocycles. The summed E-state index contributed by atoms with van der Waals surface area (Å²) in [4.78, 5) is 25.9. The summed E-state index contributed by atoms with van der Waals surface area (Å²) in [6, 6.07) is 9.92. The Bertz CT molecular complexity index is 890. The monoisotopic (exact) mass is 383 g/mol. The number of aromatic nitrogens is 1. The van der Waals surface area contributed by atoms with Crippen molar-refractivity contribution in [3.63, 3.8) is 0 Å². The van der Waals surface area contributed by atoms with Crippen molar-refractivity contribution in [2.75, 3.05) is 18.0 Å². The molecule has 1 N–H and O–H groups in total. The molecule has 1 fully saturated rings. The Morgan fingerprint density at radius 3 is 2.96 bits per heavy atom. The van der Waals surface area contributed by atoms with Crippen LogP contribution in [0.1, 0.15) is 31.5 Å². The van der Waals surface area contributed by atoms with Crippen molar-refractivity contribution in [1.82, 2.24) is 9.88 Å². The van der Waals surface area contributed by atoms with Crippen LogP contribution in [0.2, 0.25) is 0 Å². The number of rotatable bonds is 5. The predicted molar refractivity (Wildman–Crippen MR) is 104 cm³/mol. The average molecular weight is 383 g/mol. The Hall–Kier alpha value is -2.80. The highest BCUT2D eigenvalue weighted by molar-refractivity contribution is 5.90. The minimum Gasteiger partial charge on any atom is -0.442 e. The number of anilines is 1. The lowest BCUT2D eigenvalue weighted by atomic mass is 10.1. The van der Waals surface area contributed by atoms with Gasteiger partial charge in [-0.05, 0) is 30.2 Å². The Balaban J connectivity index is 1.48. The largest absolute Gasteiger partial charge is 0.442 e. The van der Waals surface area contributed by atoms with Crippen LogP contribution in [-0.4, -0.2) is 35.8 Å². The van der Waals surface area contributed by atoms with Crippen LogP contribution >= 0.6 is 0 Å². The second-order valence-electron chi connectivity index (χ2n) is 7.69. The maximum absolute atomic E-state index is 12.4. The molecule has 0 spiro atoms. The number of benzene rings is 1. The van der Waals surface area contributed by atoms with E-state index in [2.05, 4.69) is 9.88 Å². The van der Waals surface area contributed by atoms with E-state index in [-0.39, 0.29) is 18.1 Å². The molecule has 0 radical (unpaired) electrons. The van der Waals surface area contributed by atoms with Crippen LogP contribution in [0.5, 0.6) is 0 Å². The molecule has 1 atom stereocenters. The summed E-state index contributed by atoms with van der Waals surface area (Å²) in [5.74, 6) is 0.277. The molecule has 3 heterocycles. The second-order valence-corrected chi connectivity index (χ2v) is 7.69. The van der Waals surface area contributed by atoms with Crippen LogP contribution in [0.4, 0.5) is 10.5 Å². The molecule has 2 aliphatic heterocycles. The van der Waals surface area contributed by atoms with Crippen molar-refractivity contribution in [3.05, 3.63) is 47.8 Å².